The fourth-order valence-electron chi connectivity index (χ4n) is 3.49. The van der Waals surface area contributed by atoms with E-state index in [0.717, 1.165) is 5.56 Å². The van der Waals surface area contributed by atoms with Crippen LogP contribution in [0, 0.1) is 14.9 Å². The van der Waals surface area contributed by atoms with Gasteiger partial charge in [-0.25, -0.2) is 0 Å². The summed E-state index contributed by atoms with van der Waals surface area (Å²) in [5.41, 5.74) is 1.05. The van der Waals surface area contributed by atoms with Crippen molar-refractivity contribution in [1.82, 2.24) is 0 Å². The van der Waals surface area contributed by atoms with Gasteiger partial charge in [0, 0.05) is 7.11 Å². The van der Waals surface area contributed by atoms with Crippen molar-refractivity contribution < 1.29 is 38.5 Å². The van der Waals surface area contributed by atoms with Crippen molar-refractivity contribution >= 4 is 27.1 Å². The molecule has 3 rings (SSSR count). The molecule has 2 N–H and O–H groups in total. The minimum atomic E-state index is -2.87. The van der Waals surface area contributed by atoms with Gasteiger partial charge >= 0.3 is 28.1 Å². The van der Waals surface area contributed by atoms with Crippen molar-refractivity contribution in [3.05, 3.63) is 111 Å². The maximum Gasteiger partial charge on any atom is 3.00 e. The van der Waals surface area contributed by atoms with Crippen LogP contribution in [0.4, 0.5) is 0 Å². The van der Waals surface area contributed by atoms with E-state index >= 15 is 0 Å². The van der Waals surface area contributed by atoms with E-state index in [2.05, 4.69) is 36.4 Å². The molecule has 0 aliphatic rings. The topological polar surface area (TPSA) is 58.9 Å². The second-order valence-electron chi connectivity index (χ2n) is 6.43. The van der Waals surface area contributed by atoms with Gasteiger partial charge < -0.3 is 19.6 Å². The molecule has 0 radical (unpaired) electrons. The van der Waals surface area contributed by atoms with Gasteiger partial charge in [-0.3, -0.25) is 0 Å². The molecule has 0 bridgehead atoms. The van der Waals surface area contributed by atoms with Gasteiger partial charge in [0.05, 0.1) is 25.1 Å². The Morgan fingerprint density at radius 3 is 1.55 bits per heavy atom. The van der Waals surface area contributed by atoms with Crippen molar-refractivity contribution in [3.8, 4) is 0 Å². The van der Waals surface area contributed by atoms with Gasteiger partial charge in [-0.2, -0.15) is 14.3 Å². The number of hydrogen-bond donors (Lipinski definition) is 2. The standard InChI is InChI=1S/C22H25O4P2.2CH3.Rh/c1-25-17-21(26-28(23)24)22(18-11-5-2-6-12-18)27(19-13-7-3-8-14-19)20-15-9-4-10-16-20;;;/h2-16,21-24,28H,17H2,1H3;2*1H3;/q+1;2*-1;+3/p+1/t21-,22+;;;/m0.../s1. The summed E-state index contributed by atoms with van der Waals surface area (Å²) in [4.78, 5) is 19.3. The Bertz CT molecular complexity index is 783. The Hall–Kier alpha value is -1.02. The Balaban J connectivity index is 0.00000300. The van der Waals surface area contributed by atoms with E-state index < -0.39 is 22.6 Å². The van der Waals surface area contributed by atoms with E-state index in [0.29, 0.717) is 0 Å². The fourth-order valence-corrected chi connectivity index (χ4v) is 7.31. The van der Waals surface area contributed by atoms with E-state index in [1.807, 2.05) is 54.6 Å². The van der Waals surface area contributed by atoms with Crippen molar-refractivity contribution in [1.29, 1.82) is 0 Å². The molecular weight excluding hydrogens is 517 g/mol. The summed E-state index contributed by atoms with van der Waals surface area (Å²) < 4.78 is 11.1. The van der Waals surface area contributed by atoms with Crippen LogP contribution in [0.2, 0.25) is 0 Å². The van der Waals surface area contributed by atoms with Crippen LogP contribution >= 0.6 is 16.5 Å². The molecule has 2 atom stereocenters. The number of hydrogen-bond acceptors (Lipinski definition) is 4. The molecule has 31 heavy (non-hydrogen) atoms. The molecule has 0 amide bonds. The maximum absolute atomic E-state index is 9.66. The van der Waals surface area contributed by atoms with Gasteiger partial charge in [-0.1, -0.05) is 66.7 Å². The first-order valence-corrected chi connectivity index (χ1v) is 12.0. The summed E-state index contributed by atoms with van der Waals surface area (Å²) >= 11 is 0. The van der Waals surface area contributed by atoms with Crippen molar-refractivity contribution in [2.24, 2.45) is 0 Å². The molecular formula is C24H32O4P2Rh+3. The van der Waals surface area contributed by atoms with Gasteiger partial charge in [0.1, 0.15) is 5.66 Å². The smallest absolute Gasteiger partial charge is 0.382 e. The van der Waals surface area contributed by atoms with Crippen molar-refractivity contribution in [3.63, 3.8) is 0 Å². The third-order valence-electron chi connectivity index (χ3n) is 4.60. The Morgan fingerprint density at radius 2 is 1.16 bits per heavy atom. The average molecular weight is 549 g/mol. The molecule has 0 saturated heterocycles. The van der Waals surface area contributed by atoms with Gasteiger partial charge in [0.25, 0.3) is 0 Å². The Kier molecular flexibility index (Phi) is 15.2. The van der Waals surface area contributed by atoms with Crippen LogP contribution in [-0.2, 0) is 28.7 Å². The summed E-state index contributed by atoms with van der Waals surface area (Å²) in [6.45, 7) is 0.280. The number of ether oxygens (including phenoxy) is 1. The first-order valence-electron chi connectivity index (χ1n) is 9.13. The molecule has 3 aromatic rings. The average Bonchev–Trinajstić information content (AvgIpc) is 2.73. The summed E-state index contributed by atoms with van der Waals surface area (Å²) in [6, 6.07) is 30.9. The van der Waals surface area contributed by atoms with Crippen LogP contribution in [0.25, 0.3) is 0 Å². The maximum atomic E-state index is 9.66. The Morgan fingerprint density at radius 1 is 0.742 bits per heavy atom. The van der Waals surface area contributed by atoms with Crippen LogP contribution in [0.5, 0.6) is 0 Å². The van der Waals surface area contributed by atoms with Gasteiger partial charge in [0.2, 0.25) is 0 Å². The molecule has 0 unspecified atom stereocenters. The SMILES string of the molecule is COC[C@H](O[PH+](O)O)[C@@H](c1ccccc1)[PH+](c1ccccc1)c1ccccc1.[CH3-].[CH3-].[Rh+3]. The third kappa shape index (κ3) is 8.45. The molecule has 0 aliphatic carbocycles. The molecule has 0 saturated carbocycles. The van der Waals surface area contributed by atoms with Crippen LogP contribution < -0.4 is 10.6 Å². The molecule has 0 spiro atoms. The summed E-state index contributed by atoms with van der Waals surface area (Å²) in [6.07, 6.45) is -0.467. The number of methoxy groups -OCH3 is 1. The second kappa shape index (κ2) is 15.7. The van der Waals surface area contributed by atoms with Gasteiger partial charge in [-0.05, 0) is 29.8 Å². The third-order valence-corrected chi connectivity index (χ3v) is 8.35. The minimum Gasteiger partial charge on any atom is -0.382 e. The van der Waals surface area contributed by atoms with Gasteiger partial charge in [-0.15, -0.1) is 0 Å². The molecule has 0 aromatic heterocycles. The van der Waals surface area contributed by atoms with E-state index in [4.69, 9.17) is 9.26 Å². The molecule has 0 heterocycles. The molecule has 0 fully saturated rings. The largest absolute Gasteiger partial charge is 3.00 e. The first kappa shape index (κ1) is 30.0. The number of benzene rings is 3. The van der Waals surface area contributed by atoms with Crippen LogP contribution in [0.15, 0.2) is 91.0 Å². The molecule has 0 aliphatic heterocycles. The monoisotopic (exact) mass is 549 g/mol. The molecule has 168 valence electrons. The summed E-state index contributed by atoms with van der Waals surface area (Å²) in [7, 11) is -2.63. The fraction of sp³-hybridized carbons (Fsp3) is 0.167. The molecule has 3 aromatic carbocycles. The first-order chi connectivity index (χ1) is 13.7. The summed E-state index contributed by atoms with van der Waals surface area (Å²) in [5.74, 6) is 0. The van der Waals surface area contributed by atoms with Crippen molar-refractivity contribution in [2.45, 2.75) is 11.8 Å². The summed E-state index contributed by atoms with van der Waals surface area (Å²) in [5, 5.41) is 2.48. The van der Waals surface area contributed by atoms with E-state index in [1.54, 1.807) is 7.11 Å². The zero-order valence-electron chi connectivity index (χ0n) is 18.1. The number of rotatable bonds is 9. The Labute approximate surface area is 202 Å². The zero-order valence-corrected chi connectivity index (χ0v) is 21.7. The predicted octanol–water partition coefficient (Wildman–Crippen LogP) is 4.47. The normalized spacial score (nSPS) is 12.3. The predicted molar refractivity (Wildman–Crippen MR) is 132 cm³/mol. The second-order valence-corrected chi connectivity index (χ2v) is 9.83. The van der Waals surface area contributed by atoms with Crippen LogP contribution in [0.3, 0.4) is 0 Å². The van der Waals surface area contributed by atoms with E-state index in [9.17, 15) is 9.79 Å². The van der Waals surface area contributed by atoms with E-state index in [-0.39, 0.29) is 46.6 Å². The quantitative estimate of drug-likeness (QED) is 0.235. The van der Waals surface area contributed by atoms with Crippen LogP contribution in [-0.4, -0.2) is 29.6 Å². The van der Waals surface area contributed by atoms with E-state index in [1.165, 1.54) is 10.6 Å². The molecule has 7 heteroatoms. The zero-order chi connectivity index (χ0) is 19.8. The molecule has 4 nitrogen and oxygen atoms in total. The van der Waals surface area contributed by atoms with Crippen LogP contribution in [0.1, 0.15) is 11.2 Å². The minimum absolute atomic E-state index is 0. The van der Waals surface area contributed by atoms with Crippen molar-refractivity contribution in [2.75, 3.05) is 13.7 Å². The van der Waals surface area contributed by atoms with Gasteiger partial charge in [0.15, 0.2) is 6.10 Å².